The molecule has 72 valence electrons. The van der Waals surface area contributed by atoms with Crippen molar-refractivity contribution in [3.8, 4) is 6.07 Å². The quantitative estimate of drug-likeness (QED) is 0.746. The van der Waals surface area contributed by atoms with Crippen LogP contribution < -0.4 is 0 Å². The van der Waals surface area contributed by atoms with Crippen LogP contribution in [0.2, 0.25) is 0 Å². The SMILES string of the molecule is CC1(C)CC1(C#N)c1cccc(Br)c1. The molecule has 2 rings (SSSR count). The molecule has 1 atom stereocenters. The smallest absolute Gasteiger partial charge is 0.0879 e. The van der Waals surface area contributed by atoms with Crippen LogP contribution in [0.5, 0.6) is 0 Å². The summed E-state index contributed by atoms with van der Waals surface area (Å²) in [6.07, 6.45) is 0.965. The lowest BCUT2D eigenvalue weighted by atomic mass is 9.89. The maximum Gasteiger partial charge on any atom is 0.0879 e. The predicted molar refractivity (Wildman–Crippen MR) is 59.8 cm³/mol. The summed E-state index contributed by atoms with van der Waals surface area (Å²) in [5, 5.41) is 9.27. The minimum absolute atomic E-state index is 0.128. The fourth-order valence-electron chi connectivity index (χ4n) is 2.12. The Morgan fingerprint density at radius 1 is 1.43 bits per heavy atom. The molecular formula is C12H12BrN. The van der Waals surface area contributed by atoms with Gasteiger partial charge in [-0.25, -0.2) is 0 Å². The minimum Gasteiger partial charge on any atom is -0.197 e. The highest BCUT2D eigenvalue weighted by Crippen LogP contribution is 2.63. The van der Waals surface area contributed by atoms with Crippen LogP contribution in [-0.4, -0.2) is 0 Å². The van der Waals surface area contributed by atoms with Crippen LogP contribution in [0.4, 0.5) is 0 Å². The molecule has 0 N–H and O–H groups in total. The maximum absolute atomic E-state index is 9.27. The highest BCUT2D eigenvalue weighted by Gasteiger charge is 2.63. The molecule has 0 aromatic heterocycles. The lowest BCUT2D eigenvalue weighted by Crippen LogP contribution is -2.11. The zero-order valence-corrected chi connectivity index (χ0v) is 9.93. The van der Waals surface area contributed by atoms with Crippen molar-refractivity contribution in [2.24, 2.45) is 5.41 Å². The van der Waals surface area contributed by atoms with E-state index in [1.807, 2.05) is 18.2 Å². The van der Waals surface area contributed by atoms with E-state index in [0.717, 1.165) is 16.5 Å². The summed E-state index contributed by atoms with van der Waals surface area (Å²) < 4.78 is 1.05. The normalized spacial score (nSPS) is 28.1. The molecule has 14 heavy (non-hydrogen) atoms. The number of hydrogen-bond donors (Lipinski definition) is 0. The van der Waals surface area contributed by atoms with E-state index in [0.29, 0.717) is 0 Å². The van der Waals surface area contributed by atoms with Crippen molar-refractivity contribution in [2.45, 2.75) is 25.7 Å². The van der Waals surface area contributed by atoms with E-state index in [4.69, 9.17) is 0 Å². The zero-order chi connectivity index (χ0) is 10.4. The number of benzene rings is 1. The van der Waals surface area contributed by atoms with E-state index >= 15 is 0 Å². The van der Waals surface area contributed by atoms with Crippen molar-refractivity contribution in [1.29, 1.82) is 5.26 Å². The van der Waals surface area contributed by atoms with Crippen LogP contribution in [0, 0.1) is 16.7 Å². The molecular weight excluding hydrogens is 238 g/mol. The van der Waals surface area contributed by atoms with Crippen molar-refractivity contribution in [1.82, 2.24) is 0 Å². The van der Waals surface area contributed by atoms with Crippen LogP contribution in [0.3, 0.4) is 0 Å². The first-order chi connectivity index (χ1) is 6.52. The van der Waals surface area contributed by atoms with E-state index in [2.05, 4.69) is 41.9 Å². The van der Waals surface area contributed by atoms with Gasteiger partial charge in [0.15, 0.2) is 0 Å². The molecule has 1 saturated carbocycles. The lowest BCUT2D eigenvalue weighted by Gasteiger charge is -2.12. The second kappa shape index (κ2) is 2.84. The van der Waals surface area contributed by atoms with Gasteiger partial charge < -0.3 is 0 Å². The maximum atomic E-state index is 9.27. The molecule has 0 amide bonds. The Bertz CT molecular complexity index is 417. The molecule has 1 unspecified atom stereocenters. The number of halogens is 1. The van der Waals surface area contributed by atoms with Crippen molar-refractivity contribution in [3.05, 3.63) is 34.3 Å². The molecule has 2 heteroatoms. The van der Waals surface area contributed by atoms with Gasteiger partial charge in [0.05, 0.1) is 11.5 Å². The Morgan fingerprint density at radius 2 is 2.07 bits per heavy atom. The molecule has 0 bridgehead atoms. The molecule has 1 aromatic rings. The number of nitriles is 1. The fourth-order valence-corrected chi connectivity index (χ4v) is 2.52. The van der Waals surface area contributed by atoms with Crippen molar-refractivity contribution in [3.63, 3.8) is 0 Å². The first kappa shape index (κ1) is 9.73. The van der Waals surface area contributed by atoms with Crippen LogP contribution in [-0.2, 0) is 5.41 Å². The largest absolute Gasteiger partial charge is 0.197 e. The standard InChI is InChI=1S/C12H12BrN/c1-11(2)7-12(11,8-14)9-4-3-5-10(13)6-9/h3-6H,7H2,1-2H3. The number of hydrogen-bond acceptors (Lipinski definition) is 1. The number of rotatable bonds is 1. The van der Waals surface area contributed by atoms with Gasteiger partial charge in [-0.05, 0) is 29.5 Å². The molecule has 0 saturated heterocycles. The highest BCUT2D eigenvalue weighted by molar-refractivity contribution is 9.10. The van der Waals surface area contributed by atoms with Gasteiger partial charge in [-0.3, -0.25) is 0 Å². The highest BCUT2D eigenvalue weighted by atomic mass is 79.9. The summed E-state index contributed by atoms with van der Waals surface area (Å²) in [5.74, 6) is 0. The summed E-state index contributed by atoms with van der Waals surface area (Å²) in [4.78, 5) is 0. The minimum atomic E-state index is -0.253. The van der Waals surface area contributed by atoms with E-state index in [9.17, 15) is 5.26 Å². The van der Waals surface area contributed by atoms with E-state index in [1.165, 1.54) is 0 Å². The van der Waals surface area contributed by atoms with Gasteiger partial charge in [0.2, 0.25) is 0 Å². The first-order valence-corrected chi connectivity index (χ1v) is 5.48. The second-order valence-corrected chi connectivity index (χ2v) is 5.50. The third-order valence-corrected chi connectivity index (χ3v) is 3.74. The van der Waals surface area contributed by atoms with E-state index in [1.54, 1.807) is 0 Å². The summed E-state index contributed by atoms with van der Waals surface area (Å²) >= 11 is 3.44. The summed E-state index contributed by atoms with van der Waals surface area (Å²) in [6, 6.07) is 10.5. The van der Waals surface area contributed by atoms with Crippen LogP contribution in [0.25, 0.3) is 0 Å². The third kappa shape index (κ3) is 1.19. The Kier molecular flexibility index (Phi) is 1.97. The average molecular weight is 250 g/mol. The molecule has 1 nitrogen and oxygen atoms in total. The van der Waals surface area contributed by atoms with Gasteiger partial charge in [-0.1, -0.05) is 41.9 Å². The van der Waals surface area contributed by atoms with Crippen molar-refractivity contribution < 1.29 is 0 Å². The molecule has 1 aliphatic carbocycles. The van der Waals surface area contributed by atoms with Crippen LogP contribution in [0.1, 0.15) is 25.8 Å². The van der Waals surface area contributed by atoms with Gasteiger partial charge >= 0.3 is 0 Å². The van der Waals surface area contributed by atoms with Gasteiger partial charge in [-0.15, -0.1) is 0 Å². The molecule has 0 heterocycles. The molecule has 1 fully saturated rings. The monoisotopic (exact) mass is 249 g/mol. The summed E-state index contributed by atoms with van der Waals surface area (Å²) in [6.45, 7) is 4.30. The fraction of sp³-hybridized carbons (Fsp3) is 0.417. The summed E-state index contributed by atoms with van der Waals surface area (Å²) in [7, 11) is 0. The molecule has 1 aliphatic rings. The van der Waals surface area contributed by atoms with Crippen LogP contribution >= 0.6 is 15.9 Å². The Hall–Kier alpha value is -0.810. The Balaban J connectivity index is 2.47. The van der Waals surface area contributed by atoms with Crippen molar-refractivity contribution in [2.75, 3.05) is 0 Å². The summed E-state index contributed by atoms with van der Waals surface area (Å²) in [5.41, 5.74) is 1.01. The van der Waals surface area contributed by atoms with Gasteiger partial charge in [-0.2, -0.15) is 5.26 Å². The Labute approximate surface area is 92.9 Å². The van der Waals surface area contributed by atoms with Crippen molar-refractivity contribution >= 4 is 15.9 Å². The lowest BCUT2D eigenvalue weighted by molar-refractivity contribution is 0.570. The van der Waals surface area contributed by atoms with E-state index < -0.39 is 0 Å². The molecule has 0 radical (unpaired) electrons. The van der Waals surface area contributed by atoms with E-state index in [-0.39, 0.29) is 10.8 Å². The predicted octanol–water partition coefficient (Wildman–Crippen LogP) is 3.64. The molecule has 0 aliphatic heterocycles. The van der Waals surface area contributed by atoms with Gasteiger partial charge in [0, 0.05) is 4.47 Å². The number of nitrogens with zero attached hydrogens (tertiary/aromatic N) is 1. The Morgan fingerprint density at radius 3 is 2.50 bits per heavy atom. The second-order valence-electron chi connectivity index (χ2n) is 4.59. The first-order valence-electron chi connectivity index (χ1n) is 4.69. The molecule has 0 spiro atoms. The molecule has 1 aromatic carbocycles. The van der Waals surface area contributed by atoms with Crippen LogP contribution in [0.15, 0.2) is 28.7 Å². The average Bonchev–Trinajstić information content (AvgIpc) is 2.70. The topological polar surface area (TPSA) is 23.8 Å². The van der Waals surface area contributed by atoms with Gasteiger partial charge in [0.1, 0.15) is 0 Å². The zero-order valence-electron chi connectivity index (χ0n) is 8.34. The third-order valence-electron chi connectivity index (χ3n) is 3.25. The van der Waals surface area contributed by atoms with Gasteiger partial charge in [0.25, 0.3) is 0 Å².